The third kappa shape index (κ3) is 1.75. The summed E-state index contributed by atoms with van der Waals surface area (Å²) in [6.45, 7) is 0. The summed E-state index contributed by atoms with van der Waals surface area (Å²) in [5.74, 6) is 0. The molecule has 0 amide bonds. The Labute approximate surface area is 77.5 Å². The average molecular weight is 207 g/mol. The highest BCUT2D eigenvalue weighted by molar-refractivity contribution is 6.30. The lowest BCUT2D eigenvalue weighted by atomic mass is 10.1. The molecule has 0 atom stereocenters. The van der Waals surface area contributed by atoms with Crippen LogP contribution < -0.4 is 5.73 Å². The molecule has 0 aromatic carbocycles. The van der Waals surface area contributed by atoms with E-state index in [4.69, 9.17) is 17.3 Å². The Morgan fingerprint density at radius 3 is 2.62 bits per heavy atom. The zero-order valence-electron chi connectivity index (χ0n) is 6.30. The molecule has 1 aromatic heterocycles. The first-order chi connectivity index (χ1) is 6.07. The first kappa shape index (κ1) is 9.85. The Hall–Kier alpha value is -1.23. The minimum Gasteiger partial charge on any atom is -0.397 e. The molecule has 0 fully saturated rings. The van der Waals surface area contributed by atoms with E-state index in [9.17, 15) is 13.6 Å². The molecule has 3 nitrogen and oxygen atoms in total. The molecule has 1 rings (SSSR count). The zero-order valence-corrected chi connectivity index (χ0v) is 7.05. The van der Waals surface area contributed by atoms with E-state index in [2.05, 4.69) is 4.98 Å². The van der Waals surface area contributed by atoms with E-state index in [-0.39, 0.29) is 17.5 Å². The first-order valence-corrected chi connectivity index (χ1v) is 3.63. The summed E-state index contributed by atoms with van der Waals surface area (Å²) in [5.41, 5.74) is 4.24. The number of aromatic nitrogens is 1. The number of nitrogens with two attached hydrogens (primary N) is 1. The molecule has 0 aliphatic rings. The summed E-state index contributed by atoms with van der Waals surface area (Å²) < 4.78 is 24.6. The second-order valence-electron chi connectivity index (χ2n) is 2.25. The van der Waals surface area contributed by atoms with E-state index >= 15 is 0 Å². The van der Waals surface area contributed by atoms with Crippen LogP contribution in [0.5, 0.6) is 0 Å². The maximum absolute atomic E-state index is 12.3. The van der Waals surface area contributed by atoms with Gasteiger partial charge in [-0.25, -0.2) is 13.8 Å². The van der Waals surface area contributed by atoms with Crippen molar-refractivity contribution in [2.24, 2.45) is 0 Å². The van der Waals surface area contributed by atoms with Crippen molar-refractivity contribution in [1.82, 2.24) is 4.98 Å². The molecule has 6 heteroatoms. The summed E-state index contributed by atoms with van der Waals surface area (Å²) in [6, 6.07) is 0. The maximum Gasteiger partial charge on any atom is 0.267 e. The highest BCUT2D eigenvalue weighted by atomic mass is 35.5. The number of anilines is 1. The third-order valence-electron chi connectivity index (χ3n) is 1.48. The summed E-state index contributed by atoms with van der Waals surface area (Å²) in [7, 11) is 0. The molecule has 0 saturated carbocycles. The number of rotatable bonds is 2. The lowest BCUT2D eigenvalue weighted by Crippen LogP contribution is -2.02. The Morgan fingerprint density at radius 1 is 1.62 bits per heavy atom. The van der Waals surface area contributed by atoms with E-state index in [1.54, 1.807) is 0 Å². The number of carbonyl (C=O) groups excluding carboxylic acids is 1. The predicted molar refractivity (Wildman–Crippen MR) is 44.0 cm³/mol. The highest BCUT2D eigenvalue weighted by Gasteiger charge is 2.19. The number of nitrogen functional groups attached to an aromatic ring is 1. The van der Waals surface area contributed by atoms with Gasteiger partial charge in [0.05, 0.1) is 23.0 Å². The van der Waals surface area contributed by atoms with Gasteiger partial charge in [-0.05, 0) is 0 Å². The van der Waals surface area contributed by atoms with Crippen LogP contribution >= 0.6 is 11.6 Å². The van der Waals surface area contributed by atoms with E-state index in [1.807, 2.05) is 0 Å². The smallest absolute Gasteiger partial charge is 0.267 e. The van der Waals surface area contributed by atoms with Crippen molar-refractivity contribution >= 4 is 23.6 Å². The van der Waals surface area contributed by atoms with Crippen molar-refractivity contribution < 1.29 is 13.6 Å². The van der Waals surface area contributed by atoms with Crippen molar-refractivity contribution in [2.45, 2.75) is 6.43 Å². The lowest BCUT2D eigenvalue weighted by molar-refractivity contribution is 0.110. The summed E-state index contributed by atoms with van der Waals surface area (Å²) in [6.07, 6.45) is -1.55. The molecular weight excluding hydrogens is 202 g/mol. The quantitative estimate of drug-likeness (QED) is 0.595. The van der Waals surface area contributed by atoms with Crippen LogP contribution in [0, 0.1) is 0 Å². The Balaban J connectivity index is 3.43. The van der Waals surface area contributed by atoms with Gasteiger partial charge in [-0.3, -0.25) is 4.79 Å². The second-order valence-corrected chi connectivity index (χ2v) is 2.61. The largest absolute Gasteiger partial charge is 0.397 e. The molecule has 70 valence electrons. The Kier molecular flexibility index (Phi) is 2.77. The van der Waals surface area contributed by atoms with Crippen LogP contribution in [0.1, 0.15) is 22.3 Å². The number of carbonyl (C=O) groups is 1. The molecule has 1 aromatic rings. The van der Waals surface area contributed by atoms with Crippen LogP contribution in [0.4, 0.5) is 14.5 Å². The molecule has 0 unspecified atom stereocenters. The van der Waals surface area contributed by atoms with E-state index in [0.717, 1.165) is 6.20 Å². The maximum atomic E-state index is 12.3. The number of halogens is 3. The van der Waals surface area contributed by atoms with E-state index in [1.165, 1.54) is 0 Å². The average Bonchev–Trinajstić information content (AvgIpc) is 2.07. The standard InChI is InChI=1S/C7H5ClF2N2O/c8-6-5(7(9)10)3(2-13)4(11)1-12-6/h1-2,7H,11H2. The van der Waals surface area contributed by atoms with Crippen LogP contribution in [-0.4, -0.2) is 11.3 Å². The molecule has 1 heterocycles. The van der Waals surface area contributed by atoms with Crippen LogP contribution in [0.15, 0.2) is 6.20 Å². The number of alkyl halides is 2. The van der Waals surface area contributed by atoms with Crippen molar-refractivity contribution in [2.75, 3.05) is 5.73 Å². The van der Waals surface area contributed by atoms with Crippen molar-refractivity contribution in [3.05, 3.63) is 22.5 Å². The van der Waals surface area contributed by atoms with Gasteiger partial charge in [0.1, 0.15) is 5.15 Å². The number of hydrogen-bond donors (Lipinski definition) is 1. The normalized spacial score (nSPS) is 10.5. The number of nitrogens with zero attached hydrogens (tertiary/aromatic N) is 1. The van der Waals surface area contributed by atoms with Crippen LogP contribution in [0.25, 0.3) is 0 Å². The Bertz CT molecular complexity index is 344. The molecular formula is C7H5ClF2N2O. The molecule has 2 N–H and O–H groups in total. The van der Waals surface area contributed by atoms with Crippen LogP contribution in [-0.2, 0) is 0 Å². The van der Waals surface area contributed by atoms with Crippen LogP contribution in [0.2, 0.25) is 5.15 Å². The molecule has 0 radical (unpaired) electrons. The van der Waals surface area contributed by atoms with Gasteiger partial charge in [-0.15, -0.1) is 0 Å². The van der Waals surface area contributed by atoms with Gasteiger partial charge in [0.25, 0.3) is 6.43 Å². The lowest BCUT2D eigenvalue weighted by Gasteiger charge is -2.06. The summed E-state index contributed by atoms with van der Waals surface area (Å²) in [4.78, 5) is 13.8. The second kappa shape index (κ2) is 3.66. The molecule has 0 aliphatic heterocycles. The monoisotopic (exact) mass is 206 g/mol. The highest BCUT2D eigenvalue weighted by Crippen LogP contribution is 2.30. The fourth-order valence-corrected chi connectivity index (χ4v) is 1.10. The van der Waals surface area contributed by atoms with Gasteiger partial charge in [-0.1, -0.05) is 11.6 Å². The minimum atomic E-state index is -2.86. The number of pyridine rings is 1. The van der Waals surface area contributed by atoms with Crippen molar-refractivity contribution in [1.29, 1.82) is 0 Å². The fourth-order valence-electron chi connectivity index (χ4n) is 0.871. The topological polar surface area (TPSA) is 56.0 Å². The first-order valence-electron chi connectivity index (χ1n) is 3.25. The van der Waals surface area contributed by atoms with E-state index in [0.29, 0.717) is 0 Å². The molecule has 0 spiro atoms. The molecule has 0 aliphatic carbocycles. The third-order valence-corrected chi connectivity index (χ3v) is 1.78. The van der Waals surface area contributed by atoms with Crippen molar-refractivity contribution in [3.63, 3.8) is 0 Å². The van der Waals surface area contributed by atoms with Crippen LogP contribution in [0.3, 0.4) is 0 Å². The number of hydrogen-bond acceptors (Lipinski definition) is 3. The molecule has 0 saturated heterocycles. The van der Waals surface area contributed by atoms with Gasteiger partial charge in [-0.2, -0.15) is 0 Å². The summed E-state index contributed by atoms with van der Waals surface area (Å²) in [5, 5.41) is -0.397. The van der Waals surface area contributed by atoms with E-state index < -0.39 is 17.1 Å². The predicted octanol–water partition coefficient (Wildman–Crippen LogP) is 2.07. The van der Waals surface area contributed by atoms with Gasteiger partial charge in [0.15, 0.2) is 6.29 Å². The Morgan fingerprint density at radius 2 is 2.23 bits per heavy atom. The fraction of sp³-hybridized carbons (Fsp3) is 0.143. The van der Waals surface area contributed by atoms with Gasteiger partial charge < -0.3 is 5.73 Å². The molecule has 13 heavy (non-hydrogen) atoms. The van der Waals surface area contributed by atoms with Gasteiger partial charge in [0, 0.05) is 0 Å². The minimum absolute atomic E-state index is 0.102. The zero-order chi connectivity index (χ0) is 10.0. The SMILES string of the molecule is Nc1cnc(Cl)c(C(F)F)c1C=O. The van der Waals surface area contributed by atoms with Crippen molar-refractivity contribution in [3.8, 4) is 0 Å². The number of aldehydes is 1. The van der Waals surface area contributed by atoms with Gasteiger partial charge in [0.2, 0.25) is 0 Å². The molecule has 0 bridgehead atoms. The summed E-state index contributed by atoms with van der Waals surface area (Å²) >= 11 is 5.37. The van der Waals surface area contributed by atoms with Gasteiger partial charge >= 0.3 is 0 Å².